The molecule has 0 aromatic heterocycles. The number of nitrogens with zero attached hydrogens (tertiary/aromatic N) is 2. The summed E-state index contributed by atoms with van der Waals surface area (Å²) in [4.78, 5) is 29.1. The van der Waals surface area contributed by atoms with E-state index in [0.717, 1.165) is 28.4 Å². The van der Waals surface area contributed by atoms with Crippen LogP contribution in [0.2, 0.25) is 5.02 Å². The standard InChI is InChI=1S/C26H36ClN3O4/c1-25(2,3)33-23(31)30(24(32)34-26(4,5)6)19-13-14-21(18(17-19)15-16-29(7)8)28-22-12-10-9-11-20(22)27/h9-14,17,28H,15-16H2,1-8H3. The van der Waals surface area contributed by atoms with Crippen LogP contribution < -0.4 is 10.2 Å². The molecule has 0 atom stereocenters. The summed E-state index contributed by atoms with van der Waals surface area (Å²) in [5, 5.41) is 3.96. The summed E-state index contributed by atoms with van der Waals surface area (Å²) in [7, 11) is 3.97. The second kappa shape index (κ2) is 11.1. The Kier molecular flexibility index (Phi) is 8.97. The second-order valence-electron chi connectivity index (χ2n) is 10.3. The topological polar surface area (TPSA) is 71.1 Å². The molecule has 2 aromatic carbocycles. The number of likely N-dealkylation sites (N-methyl/N-ethyl adjacent to an activating group) is 1. The van der Waals surface area contributed by atoms with Gasteiger partial charge in [-0.15, -0.1) is 0 Å². The van der Waals surface area contributed by atoms with Crippen molar-refractivity contribution < 1.29 is 19.1 Å². The van der Waals surface area contributed by atoms with Crippen LogP contribution in [0.4, 0.5) is 26.7 Å². The Hall–Kier alpha value is -2.77. The first-order valence-electron chi connectivity index (χ1n) is 11.2. The van der Waals surface area contributed by atoms with Gasteiger partial charge in [-0.25, -0.2) is 9.59 Å². The molecule has 0 spiro atoms. The van der Waals surface area contributed by atoms with Gasteiger partial charge in [-0.2, -0.15) is 4.90 Å². The van der Waals surface area contributed by atoms with E-state index < -0.39 is 23.4 Å². The van der Waals surface area contributed by atoms with Gasteiger partial charge in [0.1, 0.15) is 11.2 Å². The number of para-hydroxylation sites is 1. The molecule has 0 heterocycles. The molecule has 2 amide bonds. The average Bonchev–Trinajstić information content (AvgIpc) is 2.66. The molecule has 7 nitrogen and oxygen atoms in total. The number of amides is 2. The number of carbonyl (C=O) groups is 2. The lowest BCUT2D eigenvalue weighted by molar-refractivity contribution is 0.0430. The molecule has 0 radical (unpaired) electrons. The molecule has 2 rings (SSSR count). The van der Waals surface area contributed by atoms with E-state index in [9.17, 15) is 9.59 Å². The Morgan fingerprint density at radius 3 is 1.94 bits per heavy atom. The van der Waals surface area contributed by atoms with Crippen LogP contribution >= 0.6 is 11.6 Å². The Morgan fingerprint density at radius 1 is 0.882 bits per heavy atom. The Morgan fingerprint density at radius 2 is 1.44 bits per heavy atom. The maximum Gasteiger partial charge on any atom is 0.424 e. The summed E-state index contributed by atoms with van der Waals surface area (Å²) in [6.07, 6.45) is -0.927. The van der Waals surface area contributed by atoms with E-state index in [1.54, 1.807) is 53.7 Å². The van der Waals surface area contributed by atoms with Crippen molar-refractivity contribution in [1.82, 2.24) is 4.90 Å². The fraction of sp³-hybridized carbons (Fsp3) is 0.462. The molecule has 186 valence electrons. The van der Waals surface area contributed by atoms with Gasteiger partial charge in [-0.1, -0.05) is 23.7 Å². The Labute approximate surface area is 208 Å². The predicted octanol–water partition coefficient (Wildman–Crippen LogP) is 6.86. The maximum atomic E-state index is 13.0. The normalized spacial score (nSPS) is 11.8. The first-order valence-corrected chi connectivity index (χ1v) is 11.6. The van der Waals surface area contributed by atoms with Crippen LogP contribution in [-0.2, 0) is 15.9 Å². The summed E-state index contributed by atoms with van der Waals surface area (Å²) < 4.78 is 11.0. The number of benzene rings is 2. The lowest BCUT2D eigenvalue weighted by Crippen LogP contribution is -2.43. The van der Waals surface area contributed by atoms with Crippen molar-refractivity contribution in [3.63, 3.8) is 0 Å². The van der Waals surface area contributed by atoms with Gasteiger partial charge in [0.25, 0.3) is 0 Å². The van der Waals surface area contributed by atoms with E-state index in [-0.39, 0.29) is 0 Å². The van der Waals surface area contributed by atoms with Crippen LogP contribution in [0.25, 0.3) is 0 Å². The van der Waals surface area contributed by atoms with Gasteiger partial charge in [0.05, 0.1) is 16.4 Å². The highest BCUT2D eigenvalue weighted by atomic mass is 35.5. The summed E-state index contributed by atoms with van der Waals surface area (Å²) in [6, 6.07) is 12.8. The van der Waals surface area contributed by atoms with Crippen molar-refractivity contribution in [3.8, 4) is 0 Å². The number of nitrogens with one attached hydrogen (secondary N) is 1. The van der Waals surface area contributed by atoms with Crippen LogP contribution in [0.3, 0.4) is 0 Å². The third-order valence-corrected chi connectivity index (χ3v) is 4.80. The fourth-order valence-corrected chi connectivity index (χ4v) is 3.18. The minimum atomic E-state index is -0.799. The number of ether oxygens (including phenoxy) is 2. The quantitative estimate of drug-likeness (QED) is 0.477. The van der Waals surface area contributed by atoms with Gasteiger partial charge in [-0.05, 0) is 98.0 Å². The lowest BCUT2D eigenvalue weighted by Gasteiger charge is -2.29. The van der Waals surface area contributed by atoms with Crippen LogP contribution in [0.1, 0.15) is 47.1 Å². The summed E-state index contributed by atoms with van der Waals surface area (Å²) in [6.45, 7) is 11.2. The highest BCUT2D eigenvalue weighted by molar-refractivity contribution is 6.33. The number of rotatable bonds is 6. The van der Waals surface area contributed by atoms with Crippen molar-refractivity contribution in [3.05, 3.63) is 53.1 Å². The number of imide groups is 1. The summed E-state index contributed by atoms with van der Waals surface area (Å²) in [5.41, 5.74) is 1.30. The van der Waals surface area contributed by atoms with E-state index in [2.05, 4.69) is 10.2 Å². The summed E-state index contributed by atoms with van der Waals surface area (Å²) in [5.74, 6) is 0. The number of anilines is 3. The molecule has 0 bridgehead atoms. The van der Waals surface area contributed by atoms with Crippen molar-refractivity contribution in [2.45, 2.75) is 59.2 Å². The molecule has 1 N–H and O–H groups in total. The molecule has 0 saturated heterocycles. The first-order chi connectivity index (χ1) is 15.7. The SMILES string of the molecule is CN(C)CCc1cc(N(C(=O)OC(C)(C)C)C(=O)OC(C)(C)C)ccc1Nc1ccccc1Cl. The maximum absolute atomic E-state index is 13.0. The molecule has 0 aliphatic carbocycles. The van der Waals surface area contributed by atoms with Gasteiger partial charge < -0.3 is 19.7 Å². The highest BCUT2D eigenvalue weighted by Gasteiger charge is 2.33. The lowest BCUT2D eigenvalue weighted by atomic mass is 10.1. The fourth-order valence-electron chi connectivity index (χ4n) is 3.00. The molecule has 0 unspecified atom stereocenters. The molecule has 0 saturated carbocycles. The van der Waals surface area contributed by atoms with E-state index in [1.165, 1.54) is 0 Å². The number of carbonyl (C=O) groups excluding carboxylic acids is 2. The van der Waals surface area contributed by atoms with Crippen molar-refractivity contribution in [2.24, 2.45) is 0 Å². The van der Waals surface area contributed by atoms with Crippen LogP contribution in [-0.4, -0.2) is 48.9 Å². The third-order valence-electron chi connectivity index (χ3n) is 4.47. The van der Waals surface area contributed by atoms with Gasteiger partial charge in [0.15, 0.2) is 0 Å². The van der Waals surface area contributed by atoms with E-state index in [0.29, 0.717) is 17.1 Å². The molecule has 0 aliphatic heterocycles. The first kappa shape index (κ1) is 27.5. The molecular weight excluding hydrogens is 454 g/mol. The van der Waals surface area contributed by atoms with Crippen LogP contribution in [0, 0.1) is 0 Å². The van der Waals surface area contributed by atoms with Gasteiger partial charge in [-0.3, -0.25) is 0 Å². The average molecular weight is 490 g/mol. The molecule has 0 fully saturated rings. The molecule has 2 aromatic rings. The van der Waals surface area contributed by atoms with Crippen LogP contribution in [0.15, 0.2) is 42.5 Å². The van der Waals surface area contributed by atoms with E-state index >= 15 is 0 Å². The van der Waals surface area contributed by atoms with Gasteiger partial charge in [0, 0.05) is 12.2 Å². The smallest absolute Gasteiger partial charge is 0.424 e. The monoisotopic (exact) mass is 489 g/mol. The van der Waals surface area contributed by atoms with E-state index in [4.69, 9.17) is 21.1 Å². The minimum absolute atomic E-state index is 0.363. The van der Waals surface area contributed by atoms with Crippen molar-refractivity contribution in [2.75, 3.05) is 30.9 Å². The van der Waals surface area contributed by atoms with Gasteiger partial charge >= 0.3 is 12.2 Å². The third kappa shape index (κ3) is 8.54. The Balaban J connectivity index is 2.51. The highest BCUT2D eigenvalue weighted by Crippen LogP contribution is 2.31. The van der Waals surface area contributed by atoms with E-state index in [1.807, 2.05) is 44.4 Å². The predicted molar refractivity (Wildman–Crippen MR) is 138 cm³/mol. The molecule has 0 aliphatic rings. The van der Waals surface area contributed by atoms with Gasteiger partial charge in [0.2, 0.25) is 0 Å². The summed E-state index contributed by atoms with van der Waals surface area (Å²) >= 11 is 6.34. The minimum Gasteiger partial charge on any atom is -0.443 e. The number of hydrogen-bond acceptors (Lipinski definition) is 6. The molecule has 8 heteroatoms. The second-order valence-corrected chi connectivity index (χ2v) is 10.7. The van der Waals surface area contributed by atoms with Crippen molar-refractivity contribution in [1.29, 1.82) is 0 Å². The zero-order valence-corrected chi connectivity index (χ0v) is 22.1. The molecular formula is C26H36ClN3O4. The van der Waals surface area contributed by atoms with Crippen molar-refractivity contribution >= 4 is 40.8 Å². The molecule has 34 heavy (non-hydrogen) atoms. The number of halogens is 1. The van der Waals surface area contributed by atoms with Crippen LogP contribution in [0.5, 0.6) is 0 Å². The zero-order chi connectivity index (χ0) is 25.7. The Bertz CT molecular complexity index is 982. The number of hydrogen-bond donors (Lipinski definition) is 1. The largest absolute Gasteiger partial charge is 0.443 e. The zero-order valence-electron chi connectivity index (χ0n) is 21.4.